The number of hydrogen-bond acceptors (Lipinski definition) is 9. The average Bonchev–Trinajstić information content (AvgIpc) is 3.68. The van der Waals surface area contributed by atoms with Gasteiger partial charge in [-0.05, 0) is 56.2 Å². The number of H-pyrrole nitrogens is 2. The van der Waals surface area contributed by atoms with E-state index in [0.29, 0.717) is 34.0 Å². The smallest absolute Gasteiger partial charge is 0.408 e. The Morgan fingerprint density at radius 3 is 2.87 bits per heavy atom. The van der Waals surface area contributed by atoms with E-state index in [-0.39, 0.29) is 24.2 Å². The van der Waals surface area contributed by atoms with Crippen molar-refractivity contribution in [1.29, 1.82) is 0 Å². The van der Waals surface area contributed by atoms with Crippen LogP contribution < -0.4 is 16.4 Å². The van der Waals surface area contributed by atoms with Crippen LogP contribution in [0.25, 0.3) is 22.1 Å². The minimum atomic E-state index is -0.424. The molecule has 1 saturated carbocycles. The van der Waals surface area contributed by atoms with Crippen molar-refractivity contribution >= 4 is 33.7 Å². The van der Waals surface area contributed by atoms with Crippen LogP contribution in [0.1, 0.15) is 60.4 Å². The summed E-state index contributed by atoms with van der Waals surface area (Å²) >= 11 is 0. The molecule has 0 bridgehead atoms. The molecule has 1 fully saturated rings. The SMILES string of the molecule is CC(Nc1c[nH]c2c(C(=O)NCc3ccc4oc(=O)n(C)c4c3)ncnc12)C1CCC(c2nn[nH]n2)CC1. The molecular formula is C25H28N10O3. The standard InChI is InChI=1S/C25H28N10O3/c1-13(15-4-6-16(7-5-15)23-31-33-34-32-23)30-17-11-26-21-20(17)28-12-29-22(21)24(36)27-10-14-3-8-19-18(9-14)35(2)25(37)38-19/h3,8-9,11-13,15-16,26,30H,4-7,10H2,1-2H3,(H,27,36)(H,31,32,33,34). The molecule has 1 amide bonds. The number of oxazole rings is 1. The van der Waals surface area contributed by atoms with E-state index >= 15 is 0 Å². The third-order valence-electron chi connectivity index (χ3n) is 7.58. The lowest BCUT2D eigenvalue weighted by molar-refractivity contribution is 0.0947. The highest BCUT2D eigenvalue weighted by Crippen LogP contribution is 2.36. The molecule has 1 aromatic carbocycles. The molecule has 196 valence electrons. The first-order valence-electron chi connectivity index (χ1n) is 12.7. The van der Waals surface area contributed by atoms with Gasteiger partial charge >= 0.3 is 5.76 Å². The average molecular weight is 517 g/mol. The number of aromatic amines is 2. The second-order valence-electron chi connectivity index (χ2n) is 9.87. The number of benzene rings is 1. The third kappa shape index (κ3) is 4.40. The summed E-state index contributed by atoms with van der Waals surface area (Å²) in [6.45, 7) is 2.45. The third-order valence-corrected chi connectivity index (χ3v) is 7.58. The lowest BCUT2D eigenvalue weighted by atomic mass is 9.78. The summed E-state index contributed by atoms with van der Waals surface area (Å²) in [6.07, 6.45) is 7.43. The van der Waals surface area contributed by atoms with Crippen molar-refractivity contribution in [2.24, 2.45) is 13.0 Å². The van der Waals surface area contributed by atoms with E-state index in [4.69, 9.17) is 4.42 Å². The van der Waals surface area contributed by atoms with Crippen molar-refractivity contribution < 1.29 is 9.21 Å². The maximum atomic E-state index is 13.0. The summed E-state index contributed by atoms with van der Waals surface area (Å²) in [7, 11) is 1.65. The number of tetrazole rings is 1. The quantitative estimate of drug-likeness (QED) is 0.254. The van der Waals surface area contributed by atoms with E-state index in [0.717, 1.165) is 42.8 Å². The van der Waals surface area contributed by atoms with Gasteiger partial charge in [0.2, 0.25) is 0 Å². The van der Waals surface area contributed by atoms with Gasteiger partial charge in [-0.25, -0.2) is 14.8 Å². The Balaban J connectivity index is 1.12. The van der Waals surface area contributed by atoms with Crippen LogP contribution in [0.15, 0.2) is 39.9 Å². The van der Waals surface area contributed by atoms with Crippen molar-refractivity contribution in [3.8, 4) is 0 Å². The van der Waals surface area contributed by atoms with Gasteiger partial charge in [0.1, 0.15) is 11.8 Å². The fourth-order valence-electron chi connectivity index (χ4n) is 5.35. The topological polar surface area (TPSA) is 172 Å². The highest BCUT2D eigenvalue weighted by molar-refractivity contribution is 6.05. The number of rotatable bonds is 7. The molecule has 6 rings (SSSR count). The van der Waals surface area contributed by atoms with E-state index in [1.54, 1.807) is 13.1 Å². The van der Waals surface area contributed by atoms with Crippen molar-refractivity contribution in [2.75, 3.05) is 5.32 Å². The van der Waals surface area contributed by atoms with Crippen molar-refractivity contribution in [2.45, 2.75) is 51.1 Å². The molecule has 4 N–H and O–H groups in total. The number of anilines is 1. The molecule has 13 nitrogen and oxygen atoms in total. The maximum Gasteiger partial charge on any atom is 0.419 e. The molecular weight excluding hydrogens is 488 g/mol. The van der Waals surface area contributed by atoms with Crippen LogP contribution in [0, 0.1) is 5.92 Å². The molecule has 0 saturated heterocycles. The van der Waals surface area contributed by atoms with Crippen LogP contribution in [-0.4, -0.2) is 52.1 Å². The number of aryl methyl sites for hydroxylation is 1. The molecule has 4 aromatic heterocycles. The van der Waals surface area contributed by atoms with Gasteiger partial charge in [-0.2, -0.15) is 5.21 Å². The van der Waals surface area contributed by atoms with Gasteiger partial charge in [0.15, 0.2) is 17.1 Å². The Kier molecular flexibility index (Phi) is 6.10. The Morgan fingerprint density at radius 1 is 1.24 bits per heavy atom. The Bertz CT molecular complexity index is 1640. The first-order chi connectivity index (χ1) is 18.5. The summed E-state index contributed by atoms with van der Waals surface area (Å²) in [6, 6.07) is 5.59. The molecule has 5 aromatic rings. The van der Waals surface area contributed by atoms with Gasteiger partial charge in [-0.15, -0.1) is 10.2 Å². The molecule has 0 radical (unpaired) electrons. The fourth-order valence-corrected chi connectivity index (χ4v) is 5.35. The minimum Gasteiger partial charge on any atom is -0.408 e. The number of hydrogen-bond donors (Lipinski definition) is 4. The maximum absolute atomic E-state index is 13.0. The Labute approximate surface area is 216 Å². The molecule has 1 aliphatic carbocycles. The van der Waals surface area contributed by atoms with Gasteiger partial charge in [0.25, 0.3) is 5.91 Å². The summed E-state index contributed by atoms with van der Waals surface area (Å²) in [5.74, 6) is 0.912. The monoisotopic (exact) mass is 516 g/mol. The first-order valence-corrected chi connectivity index (χ1v) is 12.7. The lowest BCUT2D eigenvalue weighted by Crippen LogP contribution is -2.29. The second kappa shape index (κ2) is 9.72. The summed E-state index contributed by atoms with van der Waals surface area (Å²) in [5.41, 5.74) is 4.38. The number of fused-ring (bicyclic) bond motifs is 2. The summed E-state index contributed by atoms with van der Waals surface area (Å²) in [5, 5.41) is 21.0. The first kappa shape index (κ1) is 23.8. The van der Waals surface area contributed by atoms with Gasteiger partial charge in [-0.3, -0.25) is 9.36 Å². The molecule has 1 aliphatic rings. The van der Waals surface area contributed by atoms with Gasteiger partial charge in [0.05, 0.1) is 16.7 Å². The van der Waals surface area contributed by atoms with Crippen LogP contribution in [0.5, 0.6) is 0 Å². The zero-order valence-corrected chi connectivity index (χ0v) is 21.1. The van der Waals surface area contributed by atoms with Crippen LogP contribution in [0.3, 0.4) is 0 Å². The number of carbonyl (C=O) groups is 1. The van der Waals surface area contributed by atoms with Crippen molar-refractivity contribution in [3.05, 3.63) is 58.4 Å². The van der Waals surface area contributed by atoms with Crippen LogP contribution >= 0.6 is 0 Å². The Hall–Kier alpha value is -4.55. The van der Waals surface area contributed by atoms with Crippen LogP contribution in [-0.2, 0) is 13.6 Å². The summed E-state index contributed by atoms with van der Waals surface area (Å²) in [4.78, 5) is 36.6. The van der Waals surface area contributed by atoms with E-state index in [2.05, 4.69) is 53.1 Å². The molecule has 0 spiro atoms. The molecule has 0 aliphatic heterocycles. The van der Waals surface area contributed by atoms with Crippen molar-refractivity contribution in [1.82, 2.24) is 45.5 Å². The normalized spacial score (nSPS) is 18.6. The molecule has 13 heteroatoms. The zero-order valence-electron chi connectivity index (χ0n) is 21.1. The van der Waals surface area contributed by atoms with E-state index in [1.165, 1.54) is 10.9 Å². The van der Waals surface area contributed by atoms with E-state index < -0.39 is 5.76 Å². The zero-order chi connectivity index (χ0) is 26.2. The second-order valence-corrected chi connectivity index (χ2v) is 9.87. The van der Waals surface area contributed by atoms with Crippen molar-refractivity contribution in [3.63, 3.8) is 0 Å². The highest BCUT2D eigenvalue weighted by Gasteiger charge is 2.28. The summed E-state index contributed by atoms with van der Waals surface area (Å²) < 4.78 is 6.60. The molecule has 1 unspecified atom stereocenters. The molecule has 1 atom stereocenters. The van der Waals surface area contributed by atoms with E-state index in [1.807, 2.05) is 18.3 Å². The van der Waals surface area contributed by atoms with Crippen LogP contribution in [0.2, 0.25) is 0 Å². The largest absolute Gasteiger partial charge is 0.419 e. The van der Waals surface area contributed by atoms with Crippen LogP contribution in [0.4, 0.5) is 5.69 Å². The number of carbonyl (C=O) groups excluding carboxylic acids is 1. The Morgan fingerprint density at radius 2 is 2.08 bits per heavy atom. The number of nitrogens with zero attached hydrogens (tertiary/aromatic N) is 6. The number of amides is 1. The van der Waals surface area contributed by atoms with Gasteiger partial charge in [0, 0.05) is 31.7 Å². The molecule has 38 heavy (non-hydrogen) atoms. The van der Waals surface area contributed by atoms with E-state index in [9.17, 15) is 9.59 Å². The molecule has 4 heterocycles. The van der Waals surface area contributed by atoms with Gasteiger partial charge < -0.3 is 20.0 Å². The highest BCUT2D eigenvalue weighted by atomic mass is 16.4. The minimum absolute atomic E-state index is 0.223. The fraction of sp³-hybridized carbons (Fsp3) is 0.400. The number of nitrogens with one attached hydrogen (secondary N) is 4. The predicted molar refractivity (Wildman–Crippen MR) is 138 cm³/mol. The van der Waals surface area contributed by atoms with Gasteiger partial charge in [-0.1, -0.05) is 11.3 Å². The predicted octanol–water partition coefficient (Wildman–Crippen LogP) is 2.62. The number of aromatic nitrogens is 8. The lowest BCUT2D eigenvalue weighted by Gasteiger charge is -2.31.